The molecule has 0 saturated carbocycles. The number of fused-ring (bicyclic) bond motifs is 5. The van der Waals surface area contributed by atoms with Gasteiger partial charge < -0.3 is 9.30 Å². The van der Waals surface area contributed by atoms with E-state index in [-0.39, 0.29) is 11.9 Å². The quantitative estimate of drug-likeness (QED) is 0.706. The maximum Gasteiger partial charge on any atom is 0.274 e. The van der Waals surface area contributed by atoms with Crippen LogP contribution in [0.15, 0.2) is 48.9 Å². The van der Waals surface area contributed by atoms with Gasteiger partial charge in [-0.25, -0.2) is 4.98 Å². The van der Waals surface area contributed by atoms with E-state index in [9.17, 15) is 4.79 Å². The summed E-state index contributed by atoms with van der Waals surface area (Å²) in [5, 5.41) is 0. The van der Waals surface area contributed by atoms with Gasteiger partial charge >= 0.3 is 0 Å². The van der Waals surface area contributed by atoms with Crippen LogP contribution in [0.5, 0.6) is 0 Å². The van der Waals surface area contributed by atoms with E-state index < -0.39 is 0 Å². The monoisotopic (exact) mass is 375 g/mol. The Morgan fingerprint density at radius 3 is 2.79 bits per heavy atom. The molecule has 2 bridgehead atoms. The van der Waals surface area contributed by atoms with E-state index in [2.05, 4.69) is 31.9 Å². The van der Waals surface area contributed by atoms with Crippen LogP contribution in [0, 0.1) is 12.8 Å². The summed E-state index contributed by atoms with van der Waals surface area (Å²) >= 11 is 0. The van der Waals surface area contributed by atoms with Crippen molar-refractivity contribution >= 4 is 11.6 Å². The zero-order chi connectivity index (χ0) is 19.1. The molecule has 3 aromatic rings. The zero-order valence-electron chi connectivity index (χ0n) is 16.2. The largest absolute Gasteiger partial charge is 0.333 e. The molecule has 6 heterocycles. The lowest BCUT2D eigenvalue weighted by molar-refractivity contribution is 0.0579. The Morgan fingerprint density at radius 1 is 1.11 bits per heavy atom. The smallest absolute Gasteiger partial charge is 0.274 e. The number of carbonyl (C=O) groups is 1. The molecule has 3 saturated heterocycles. The fraction of sp³-hybridized carbons (Fsp3) is 0.409. The fourth-order valence-electron chi connectivity index (χ4n) is 4.70. The normalized spacial score (nSPS) is 22.5. The maximum atomic E-state index is 13.3. The number of nitrogens with zero attached hydrogens (tertiary/aromatic N) is 5. The predicted molar refractivity (Wildman–Crippen MR) is 107 cm³/mol. The summed E-state index contributed by atoms with van der Waals surface area (Å²) in [6, 6.07) is 10.4. The van der Waals surface area contributed by atoms with Crippen molar-refractivity contribution in [2.75, 3.05) is 19.6 Å². The van der Waals surface area contributed by atoms with Crippen LogP contribution < -0.4 is 0 Å². The van der Waals surface area contributed by atoms with Gasteiger partial charge in [0, 0.05) is 56.5 Å². The van der Waals surface area contributed by atoms with Gasteiger partial charge in [-0.05, 0) is 55.5 Å². The number of aryl methyl sites for hydroxylation is 1. The van der Waals surface area contributed by atoms with Crippen molar-refractivity contribution in [1.29, 1.82) is 0 Å². The summed E-state index contributed by atoms with van der Waals surface area (Å²) < 4.78 is 2.00. The van der Waals surface area contributed by atoms with E-state index >= 15 is 0 Å². The average molecular weight is 375 g/mol. The summed E-state index contributed by atoms with van der Waals surface area (Å²) in [5.74, 6) is 0.604. The lowest BCUT2D eigenvalue weighted by atomic mass is 9.95. The highest BCUT2D eigenvalue weighted by Gasteiger charge is 2.38. The first-order valence-electron chi connectivity index (χ1n) is 10.0. The van der Waals surface area contributed by atoms with Crippen molar-refractivity contribution in [3.8, 4) is 0 Å². The van der Waals surface area contributed by atoms with Crippen LogP contribution in [-0.4, -0.2) is 55.8 Å². The number of hydrogen-bond acceptors (Lipinski definition) is 4. The fourth-order valence-corrected chi connectivity index (χ4v) is 4.70. The standard InChI is InChI=1S/C22H25N5O/c1-16-3-2-4-21-24-20(15-26(16)21)22(28)27-13-18-5-6-19(27)14-25(12-18)11-17-7-9-23-10-8-17/h2-4,7-10,15,18-19H,5-6,11-14H2,1H3/t18-,19+/m0/s1. The molecule has 6 rings (SSSR count). The van der Waals surface area contributed by atoms with Gasteiger partial charge in [0.15, 0.2) is 0 Å². The first-order chi connectivity index (χ1) is 13.7. The van der Waals surface area contributed by atoms with Crippen molar-refractivity contribution in [3.05, 3.63) is 65.9 Å². The van der Waals surface area contributed by atoms with Gasteiger partial charge in [0.1, 0.15) is 11.3 Å². The van der Waals surface area contributed by atoms with Gasteiger partial charge in [-0.2, -0.15) is 0 Å². The molecule has 0 aromatic carbocycles. The van der Waals surface area contributed by atoms with Gasteiger partial charge in [-0.15, -0.1) is 0 Å². The maximum absolute atomic E-state index is 13.3. The Hall–Kier alpha value is -2.73. The van der Waals surface area contributed by atoms with Crippen LogP contribution in [0.2, 0.25) is 0 Å². The lowest BCUT2D eigenvalue weighted by Crippen LogP contribution is -2.47. The third-order valence-corrected chi connectivity index (χ3v) is 6.12. The van der Waals surface area contributed by atoms with E-state index in [0.29, 0.717) is 11.6 Å². The minimum absolute atomic E-state index is 0.0727. The molecule has 1 amide bonds. The summed E-state index contributed by atoms with van der Waals surface area (Å²) in [4.78, 5) is 26.6. The molecule has 0 spiro atoms. The average Bonchev–Trinajstić information content (AvgIpc) is 2.97. The number of pyridine rings is 2. The van der Waals surface area contributed by atoms with Crippen molar-refractivity contribution in [2.45, 2.75) is 32.4 Å². The molecule has 0 unspecified atom stereocenters. The number of imidazole rings is 1. The molecule has 6 nitrogen and oxygen atoms in total. The highest BCUT2D eigenvalue weighted by molar-refractivity contribution is 5.93. The van der Waals surface area contributed by atoms with Crippen LogP contribution in [0.4, 0.5) is 0 Å². The second-order valence-electron chi connectivity index (χ2n) is 8.13. The minimum atomic E-state index is 0.0727. The number of rotatable bonds is 3. The molecule has 3 fully saturated rings. The molecule has 3 aromatic heterocycles. The topological polar surface area (TPSA) is 53.7 Å². The zero-order valence-corrected chi connectivity index (χ0v) is 16.2. The van der Waals surface area contributed by atoms with Crippen LogP contribution in [0.3, 0.4) is 0 Å². The minimum Gasteiger partial charge on any atom is -0.333 e. The lowest BCUT2D eigenvalue weighted by Gasteiger charge is -2.35. The highest BCUT2D eigenvalue weighted by atomic mass is 16.2. The third-order valence-electron chi connectivity index (χ3n) is 6.12. The second-order valence-corrected chi connectivity index (χ2v) is 8.13. The molecule has 3 aliphatic heterocycles. The van der Waals surface area contributed by atoms with Crippen molar-refractivity contribution < 1.29 is 4.79 Å². The summed E-state index contributed by atoms with van der Waals surface area (Å²) in [7, 11) is 0. The molecule has 0 N–H and O–H groups in total. The molecule has 144 valence electrons. The van der Waals surface area contributed by atoms with Gasteiger partial charge in [-0.1, -0.05) is 6.07 Å². The molecule has 0 radical (unpaired) electrons. The Labute approximate surface area is 164 Å². The molecular weight excluding hydrogens is 350 g/mol. The van der Waals surface area contributed by atoms with Crippen molar-refractivity contribution in [3.63, 3.8) is 0 Å². The van der Waals surface area contributed by atoms with Gasteiger partial charge in [0.05, 0.1) is 0 Å². The number of aromatic nitrogens is 3. The van der Waals surface area contributed by atoms with Crippen molar-refractivity contribution in [2.24, 2.45) is 5.92 Å². The third kappa shape index (κ3) is 3.18. The molecular formula is C22H25N5O. The summed E-state index contributed by atoms with van der Waals surface area (Å²) in [6.45, 7) is 5.77. The van der Waals surface area contributed by atoms with Gasteiger partial charge in [0.2, 0.25) is 0 Å². The first kappa shape index (κ1) is 17.4. The summed E-state index contributed by atoms with van der Waals surface area (Å²) in [5.41, 5.74) is 3.76. The van der Waals surface area contributed by atoms with Crippen molar-refractivity contribution in [1.82, 2.24) is 24.2 Å². The Bertz CT molecular complexity index is 999. The van der Waals surface area contributed by atoms with Gasteiger partial charge in [-0.3, -0.25) is 14.7 Å². The van der Waals surface area contributed by atoms with E-state index in [1.165, 1.54) is 12.0 Å². The number of hydrogen-bond donors (Lipinski definition) is 0. The van der Waals surface area contributed by atoms with E-state index in [1.54, 1.807) is 0 Å². The number of amides is 1. The SMILES string of the molecule is Cc1cccc2nc(C(=O)N3C[C@H]4CC[C@@H]3CN(Cc3ccncc3)C4)cn12. The predicted octanol–water partition coefficient (Wildman–Crippen LogP) is 2.77. The Kier molecular flexibility index (Phi) is 4.36. The van der Waals surface area contributed by atoms with E-state index in [4.69, 9.17) is 0 Å². The molecule has 28 heavy (non-hydrogen) atoms. The first-order valence-corrected chi connectivity index (χ1v) is 10.0. The van der Waals surface area contributed by atoms with Crippen LogP contribution in [0.1, 0.15) is 34.6 Å². The van der Waals surface area contributed by atoms with Crippen LogP contribution in [-0.2, 0) is 6.54 Å². The van der Waals surface area contributed by atoms with Crippen LogP contribution in [0.25, 0.3) is 5.65 Å². The highest BCUT2D eigenvalue weighted by Crippen LogP contribution is 2.30. The Balaban J connectivity index is 1.37. The number of piperidine rings is 1. The molecule has 3 aliphatic rings. The second kappa shape index (κ2) is 7.02. The summed E-state index contributed by atoms with van der Waals surface area (Å²) in [6.07, 6.45) is 7.87. The number of carbonyl (C=O) groups excluding carboxylic acids is 1. The van der Waals surface area contributed by atoms with Crippen LogP contribution >= 0.6 is 0 Å². The Morgan fingerprint density at radius 2 is 1.96 bits per heavy atom. The molecule has 2 atom stereocenters. The van der Waals surface area contributed by atoms with Gasteiger partial charge in [0.25, 0.3) is 5.91 Å². The molecule has 6 heteroatoms. The molecule has 0 aliphatic carbocycles. The van der Waals surface area contributed by atoms with E-state index in [0.717, 1.165) is 43.9 Å². The van der Waals surface area contributed by atoms with E-state index in [1.807, 2.05) is 48.1 Å².